The number of esters is 1. The minimum absolute atomic E-state index is 0.0537. The van der Waals surface area contributed by atoms with E-state index in [1.54, 1.807) is 0 Å². The molecule has 0 aromatic carbocycles. The van der Waals surface area contributed by atoms with Gasteiger partial charge in [0.15, 0.2) is 0 Å². The fourth-order valence-electron chi connectivity index (χ4n) is 2.71. The van der Waals surface area contributed by atoms with Gasteiger partial charge < -0.3 is 9.53 Å². The van der Waals surface area contributed by atoms with Crippen LogP contribution in [0, 0.1) is 17.8 Å². The number of hydrogen-bond acceptors (Lipinski definition) is 3. The molecule has 21 heavy (non-hydrogen) atoms. The summed E-state index contributed by atoms with van der Waals surface area (Å²) in [4.78, 5) is 21.4. The van der Waals surface area contributed by atoms with Crippen molar-refractivity contribution in [2.24, 2.45) is 17.8 Å². The summed E-state index contributed by atoms with van der Waals surface area (Å²) in [6.07, 6.45) is 12.4. The molecule has 3 nitrogen and oxygen atoms in total. The molecule has 2 rings (SSSR count). The van der Waals surface area contributed by atoms with E-state index in [0.29, 0.717) is 12.5 Å². The molecule has 0 aliphatic heterocycles. The monoisotopic (exact) mass is 296 g/mol. The Hall–Kier alpha value is -0.860. The molecule has 0 bridgehead atoms. The maximum absolute atomic E-state index is 11.6. The van der Waals surface area contributed by atoms with Crippen LogP contribution in [0.25, 0.3) is 0 Å². The van der Waals surface area contributed by atoms with Gasteiger partial charge >= 0.3 is 5.97 Å². The zero-order valence-corrected chi connectivity index (χ0v) is 13.8. The standard InChI is InChI=1S/C13H24O2.C5H8O/c1-3-4-5-10-15-13(14)12-8-6-11(2)7-9-12;6-4-5-2-1-3-5/h11-12H,3-10H2,1-2H3;4-5H,1-3H2. The summed E-state index contributed by atoms with van der Waals surface area (Å²) in [5, 5.41) is 0. The van der Waals surface area contributed by atoms with E-state index in [2.05, 4.69) is 13.8 Å². The largest absolute Gasteiger partial charge is 0.465 e. The smallest absolute Gasteiger partial charge is 0.308 e. The number of aldehydes is 1. The molecule has 122 valence electrons. The Morgan fingerprint density at radius 1 is 1.10 bits per heavy atom. The highest BCUT2D eigenvalue weighted by molar-refractivity contribution is 5.72. The molecule has 0 amide bonds. The molecule has 0 radical (unpaired) electrons. The van der Waals surface area contributed by atoms with Crippen molar-refractivity contribution in [3.63, 3.8) is 0 Å². The lowest BCUT2D eigenvalue weighted by Gasteiger charge is -2.24. The van der Waals surface area contributed by atoms with Crippen molar-refractivity contribution in [3.8, 4) is 0 Å². The van der Waals surface area contributed by atoms with Gasteiger partial charge in [0, 0.05) is 5.92 Å². The summed E-state index contributed by atoms with van der Waals surface area (Å²) in [7, 11) is 0. The van der Waals surface area contributed by atoms with Crippen LogP contribution in [0.3, 0.4) is 0 Å². The van der Waals surface area contributed by atoms with Crippen molar-refractivity contribution in [1.82, 2.24) is 0 Å². The van der Waals surface area contributed by atoms with Crippen molar-refractivity contribution < 1.29 is 14.3 Å². The summed E-state index contributed by atoms with van der Waals surface area (Å²) in [5.41, 5.74) is 0. The van der Waals surface area contributed by atoms with E-state index in [1.807, 2.05) is 0 Å². The highest BCUT2D eigenvalue weighted by Gasteiger charge is 2.25. The Balaban J connectivity index is 0.000000304. The van der Waals surface area contributed by atoms with Crippen LogP contribution >= 0.6 is 0 Å². The molecule has 2 saturated carbocycles. The minimum atomic E-state index is 0.0537. The van der Waals surface area contributed by atoms with Gasteiger partial charge in [-0.15, -0.1) is 0 Å². The molecule has 0 aromatic rings. The minimum Gasteiger partial charge on any atom is -0.465 e. The van der Waals surface area contributed by atoms with Gasteiger partial charge in [-0.25, -0.2) is 0 Å². The molecule has 0 atom stereocenters. The molecule has 2 aliphatic rings. The van der Waals surface area contributed by atoms with Gasteiger partial charge in [-0.05, 0) is 50.9 Å². The molecule has 3 heteroatoms. The van der Waals surface area contributed by atoms with Crippen LogP contribution in [0.15, 0.2) is 0 Å². The van der Waals surface area contributed by atoms with E-state index >= 15 is 0 Å². The molecule has 0 aromatic heterocycles. The molecular formula is C18H32O3. The SMILES string of the molecule is CCCCCOC(=O)C1CCC(C)CC1.O=CC1CCC1. The van der Waals surface area contributed by atoms with Crippen molar-refractivity contribution in [3.05, 3.63) is 0 Å². The second-order valence-corrected chi connectivity index (χ2v) is 6.66. The van der Waals surface area contributed by atoms with Gasteiger partial charge in [-0.3, -0.25) is 4.79 Å². The summed E-state index contributed by atoms with van der Waals surface area (Å²) >= 11 is 0. The Bertz CT molecular complexity index is 289. The molecule has 0 heterocycles. The van der Waals surface area contributed by atoms with Crippen LogP contribution in [0.1, 0.15) is 78.1 Å². The van der Waals surface area contributed by atoms with Crippen molar-refractivity contribution in [2.45, 2.75) is 78.1 Å². The number of carbonyl (C=O) groups excluding carboxylic acids is 2. The Morgan fingerprint density at radius 2 is 1.76 bits per heavy atom. The molecule has 0 saturated heterocycles. The molecular weight excluding hydrogens is 264 g/mol. The molecule has 2 aliphatic carbocycles. The zero-order chi connectivity index (χ0) is 15.5. The summed E-state index contributed by atoms with van der Waals surface area (Å²) < 4.78 is 5.28. The average Bonchev–Trinajstić information content (AvgIpc) is 2.44. The van der Waals surface area contributed by atoms with Gasteiger partial charge in [0.05, 0.1) is 12.5 Å². The Kier molecular flexibility index (Phi) is 9.36. The lowest BCUT2D eigenvalue weighted by atomic mass is 9.83. The molecule has 2 fully saturated rings. The molecule has 0 spiro atoms. The van der Waals surface area contributed by atoms with Gasteiger partial charge in [0.2, 0.25) is 0 Å². The second kappa shape index (κ2) is 10.8. The van der Waals surface area contributed by atoms with Gasteiger partial charge in [-0.2, -0.15) is 0 Å². The maximum Gasteiger partial charge on any atom is 0.308 e. The first-order valence-corrected chi connectivity index (χ1v) is 8.79. The number of carbonyl (C=O) groups is 2. The van der Waals surface area contributed by atoms with Crippen LogP contribution in [0.2, 0.25) is 0 Å². The van der Waals surface area contributed by atoms with Gasteiger partial charge in [0.1, 0.15) is 6.29 Å². The Morgan fingerprint density at radius 3 is 2.19 bits per heavy atom. The first-order chi connectivity index (χ1) is 10.2. The zero-order valence-electron chi connectivity index (χ0n) is 13.8. The molecule has 0 N–H and O–H groups in total. The number of rotatable bonds is 6. The van der Waals surface area contributed by atoms with Crippen LogP contribution < -0.4 is 0 Å². The third kappa shape index (κ3) is 7.63. The highest BCUT2D eigenvalue weighted by atomic mass is 16.5. The van der Waals surface area contributed by atoms with E-state index in [4.69, 9.17) is 4.74 Å². The number of hydrogen-bond donors (Lipinski definition) is 0. The van der Waals surface area contributed by atoms with Gasteiger partial charge in [-0.1, -0.05) is 33.1 Å². The van der Waals surface area contributed by atoms with Crippen LogP contribution in [-0.4, -0.2) is 18.9 Å². The van der Waals surface area contributed by atoms with E-state index in [1.165, 1.54) is 25.7 Å². The third-order valence-corrected chi connectivity index (χ3v) is 4.68. The Labute approximate surface area is 129 Å². The third-order valence-electron chi connectivity index (χ3n) is 4.68. The number of ether oxygens (including phenoxy) is 1. The van der Waals surface area contributed by atoms with Crippen molar-refractivity contribution >= 4 is 12.3 Å². The van der Waals surface area contributed by atoms with Crippen molar-refractivity contribution in [2.75, 3.05) is 6.61 Å². The second-order valence-electron chi connectivity index (χ2n) is 6.66. The van der Waals surface area contributed by atoms with E-state index < -0.39 is 0 Å². The van der Waals surface area contributed by atoms with Crippen LogP contribution in [-0.2, 0) is 14.3 Å². The van der Waals surface area contributed by atoms with Gasteiger partial charge in [0.25, 0.3) is 0 Å². The topological polar surface area (TPSA) is 43.4 Å². The van der Waals surface area contributed by atoms with Crippen LogP contribution in [0.5, 0.6) is 0 Å². The fourth-order valence-corrected chi connectivity index (χ4v) is 2.71. The maximum atomic E-state index is 11.6. The van der Waals surface area contributed by atoms with Crippen molar-refractivity contribution in [1.29, 1.82) is 0 Å². The highest BCUT2D eigenvalue weighted by Crippen LogP contribution is 2.29. The lowest BCUT2D eigenvalue weighted by molar-refractivity contribution is -0.150. The first-order valence-electron chi connectivity index (χ1n) is 8.79. The predicted octanol–water partition coefficient (Wildman–Crippen LogP) is 4.53. The van der Waals surface area contributed by atoms with Crippen LogP contribution in [0.4, 0.5) is 0 Å². The van der Waals surface area contributed by atoms with E-state index in [9.17, 15) is 9.59 Å². The first kappa shape index (κ1) is 18.2. The number of unbranched alkanes of at least 4 members (excludes halogenated alkanes) is 2. The summed E-state index contributed by atoms with van der Waals surface area (Å²) in [6, 6.07) is 0. The predicted molar refractivity (Wildman–Crippen MR) is 85.0 cm³/mol. The van der Waals surface area contributed by atoms with E-state index in [0.717, 1.165) is 50.7 Å². The fraction of sp³-hybridized carbons (Fsp3) is 0.889. The quantitative estimate of drug-likeness (QED) is 0.411. The summed E-state index contributed by atoms with van der Waals surface area (Å²) in [5.74, 6) is 1.49. The summed E-state index contributed by atoms with van der Waals surface area (Å²) in [6.45, 7) is 5.05. The normalized spacial score (nSPS) is 25.2. The van der Waals surface area contributed by atoms with E-state index in [-0.39, 0.29) is 11.9 Å². The average molecular weight is 296 g/mol. The lowest BCUT2D eigenvalue weighted by Crippen LogP contribution is -2.23. The molecule has 0 unspecified atom stereocenters.